The van der Waals surface area contributed by atoms with Crippen LogP contribution in [0.5, 0.6) is 0 Å². The van der Waals surface area contributed by atoms with Crippen molar-refractivity contribution in [1.82, 2.24) is 10.2 Å². The molecule has 0 bridgehead atoms. The van der Waals surface area contributed by atoms with E-state index in [2.05, 4.69) is 10.6 Å². The van der Waals surface area contributed by atoms with Gasteiger partial charge in [0, 0.05) is 22.8 Å². The molecule has 32 heavy (non-hydrogen) atoms. The normalized spacial score (nSPS) is 29.0. The second kappa shape index (κ2) is 6.75. The van der Waals surface area contributed by atoms with Gasteiger partial charge in [0.15, 0.2) is 0 Å². The minimum atomic E-state index is -1.25. The first-order valence-corrected chi connectivity index (χ1v) is 11.2. The summed E-state index contributed by atoms with van der Waals surface area (Å²) >= 11 is 0. The fraction of sp³-hybridized carbons (Fsp3) is 0.423. The van der Waals surface area contributed by atoms with E-state index in [9.17, 15) is 14.4 Å². The maximum Gasteiger partial charge on any atom is 0.250 e. The van der Waals surface area contributed by atoms with Gasteiger partial charge in [0.2, 0.25) is 17.7 Å². The van der Waals surface area contributed by atoms with Crippen molar-refractivity contribution < 1.29 is 14.4 Å². The lowest BCUT2D eigenvalue weighted by molar-refractivity contribution is -0.147. The van der Waals surface area contributed by atoms with Crippen molar-refractivity contribution in [3.63, 3.8) is 0 Å². The van der Waals surface area contributed by atoms with Crippen molar-refractivity contribution in [1.29, 1.82) is 0 Å². The van der Waals surface area contributed by atoms with Gasteiger partial charge in [0.25, 0.3) is 0 Å². The zero-order valence-electron chi connectivity index (χ0n) is 19.2. The van der Waals surface area contributed by atoms with Crippen LogP contribution in [-0.4, -0.2) is 34.2 Å². The van der Waals surface area contributed by atoms with Crippen LogP contribution in [-0.2, 0) is 26.3 Å². The summed E-state index contributed by atoms with van der Waals surface area (Å²) in [5.74, 6) is -2.07. The van der Waals surface area contributed by atoms with Crippen LogP contribution >= 0.6 is 0 Å². The largest absolute Gasteiger partial charge is 0.324 e. The van der Waals surface area contributed by atoms with E-state index in [1.165, 1.54) is 4.90 Å². The van der Waals surface area contributed by atoms with Crippen LogP contribution in [0.2, 0.25) is 0 Å². The van der Waals surface area contributed by atoms with Crippen molar-refractivity contribution >= 4 is 23.4 Å². The smallest absolute Gasteiger partial charge is 0.250 e. The number of benzene rings is 2. The molecule has 3 heterocycles. The topological polar surface area (TPSA) is 78.5 Å². The Morgan fingerprint density at radius 2 is 1.66 bits per heavy atom. The Labute approximate surface area is 188 Å². The van der Waals surface area contributed by atoms with Gasteiger partial charge in [-0.3, -0.25) is 24.6 Å². The van der Waals surface area contributed by atoms with Gasteiger partial charge in [-0.2, -0.15) is 0 Å². The van der Waals surface area contributed by atoms with E-state index in [0.717, 1.165) is 27.9 Å². The molecule has 1 spiro atoms. The van der Waals surface area contributed by atoms with E-state index in [0.29, 0.717) is 6.42 Å². The molecule has 3 aliphatic rings. The molecule has 2 saturated heterocycles. The van der Waals surface area contributed by atoms with Crippen LogP contribution in [0.25, 0.3) is 0 Å². The molecule has 6 nitrogen and oxygen atoms in total. The second-order valence-corrected chi connectivity index (χ2v) is 10.3. The van der Waals surface area contributed by atoms with Crippen LogP contribution < -0.4 is 10.6 Å². The molecule has 3 aliphatic heterocycles. The Morgan fingerprint density at radius 1 is 0.969 bits per heavy atom. The number of nitrogens with one attached hydrogen (secondary N) is 2. The number of hydrogen-bond acceptors (Lipinski definition) is 4. The molecular formula is C26H29N3O3. The quantitative estimate of drug-likeness (QED) is 0.717. The van der Waals surface area contributed by atoms with E-state index in [4.69, 9.17) is 0 Å². The van der Waals surface area contributed by atoms with Crippen molar-refractivity contribution in [3.05, 3.63) is 64.7 Å². The highest BCUT2D eigenvalue weighted by atomic mass is 16.2. The molecule has 2 fully saturated rings. The third kappa shape index (κ3) is 2.65. The highest BCUT2D eigenvalue weighted by Crippen LogP contribution is 2.54. The fourth-order valence-corrected chi connectivity index (χ4v) is 5.82. The summed E-state index contributed by atoms with van der Waals surface area (Å²) in [6, 6.07) is 13.5. The average molecular weight is 432 g/mol. The number of amides is 3. The van der Waals surface area contributed by atoms with Gasteiger partial charge in [0.1, 0.15) is 5.54 Å². The Balaban J connectivity index is 1.69. The number of carbonyl (C=O) groups excluding carboxylic acids is 3. The standard InChI is InChI=1S/C26H29N3O3/c1-14-11-12-17-21(15(14)2)27-24(32)26(17)20-19(22(30)29(23(20)31)25(3,4)5)18(28-26)13-16-9-7-6-8-10-16/h6-12,18-20,28H,13H2,1-5H3,(H,27,32). The summed E-state index contributed by atoms with van der Waals surface area (Å²) in [5.41, 5.74) is 2.75. The Hall–Kier alpha value is -2.99. The van der Waals surface area contributed by atoms with Gasteiger partial charge in [-0.05, 0) is 57.7 Å². The first-order chi connectivity index (χ1) is 15.1. The molecular weight excluding hydrogens is 402 g/mol. The SMILES string of the molecule is Cc1ccc2c(c1C)NC(=O)C21NC(Cc2ccccc2)C2C(=O)N(C(C)(C)C)C(=O)C21. The summed E-state index contributed by atoms with van der Waals surface area (Å²) in [4.78, 5) is 42.4. The number of imide groups is 1. The van der Waals surface area contributed by atoms with E-state index in [1.54, 1.807) is 0 Å². The first kappa shape index (κ1) is 20.9. The zero-order chi connectivity index (χ0) is 23.0. The van der Waals surface area contributed by atoms with Crippen molar-refractivity contribution in [2.75, 3.05) is 5.32 Å². The maximum atomic E-state index is 13.8. The van der Waals surface area contributed by atoms with E-state index in [-0.39, 0.29) is 23.8 Å². The number of anilines is 1. The maximum absolute atomic E-state index is 13.8. The predicted octanol–water partition coefficient (Wildman–Crippen LogP) is 3.07. The van der Waals surface area contributed by atoms with Gasteiger partial charge in [-0.1, -0.05) is 42.5 Å². The third-order valence-electron chi connectivity index (χ3n) is 7.39. The molecule has 3 amide bonds. The molecule has 2 aromatic rings. The van der Waals surface area contributed by atoms with Crippen molar-refractivity contribution in [2.45, 2.75) is 58.2 Å². The van der Waals surface area contributed by atoms with Crippen LogP contribution in [0.4, 0.5) is 5.69 Å². The zero-order valence-corrected chi connectivity index (χ0v) is 19.2. The van der Waals surface area contributed by atoms with E-state index < -0.39 is 22.9 Å². The Kier molecular flexibility index (Phi) is 4.41. The molecule has 0 saturated carbocycles. The number of rotatable bonds is 2. The van der Waals surface area contributed by atoms with Crippen molar-refractivity contribution in [2.24, 2.45) is 11.8 Å². The molecule has 2 aromatic carbocycles. The van der Waals surface area contributed by atoms with Gasteiger partial charge >= 0.3 is 0 Å². The van der Waals surface area contributed by atoms with Gasteiger partial charge in [-0.15, -0.1) is 0 Å². The number of aryl methyl sites for hydroxylation is 1. The molecule has 2 N–H and O–H groups in total. The molecule has 0 aromatic heterocycles. The lowest BCUT2D eigenvalue weighted by Gasteiger charge is -2.34. The number of likely N-dealkylation sites (tertiary alicyclic amines) is 1. The minimum Gasteiger partial charge on any atom is -0.324 e. The van der Waals surface area contributed by atoms with Crippen LogP contribution in [0, 0.1) is 25.7 Å². The highest BCUT2D eigenvalue weighted by Gasteiger charge is 2.71. The number of nitrogens with zero attached hydrogens (tertiary/aromatic N) is 1. The molecule has 4 unspecified atom stereocenters. The lowest BCUT2D eigenvalue weighted by Crippen LogP contribution is -2.56. The summed E-state index contributed by atoms with van der Waals surface area (Å²) < 4.78 is 0. The highest BCUT2D eigenvalue weighted by molar-refractivity contribution is 6.15. The second-order valence-electron chi connectivity index (χ2n) is 10.3. The van der Waals surface area contributed by atoms with Gasteiger partial charge in [-0.25, -0.2) is 0 Å². The fourth-order valence-electron chi connectivity index (χ4n) is 5.82. The Morgan fingerprint density at radius 3 is 2.31 bits per heavy atom. The number of hydrogen-bond donors (Lipinski definition) is 2. The average Bonchev–Trinajstić information content (AvgIpc) is 3.30. The van der Waals surface area contributed by atoms with E-state index in [1.807, 2.05) is 77.1 Å². The van der Waals surface area contributed by atoms with Crippen LogP contribution in [0.1, 0.15) is 43.0 Å². The van der Waals surface area contributed by atoms with Crippen LogP contribution in [0.15, 0.2) is 42.5 Å². The first-order valence-electron chi connectivity index (χ1n) is 11.2. The minimum absolute atomic E-state index is 0.192. The summed E-state index contributed by atoms with van der Waals surface area (Å²) in [6.45, 7) is 9.58. The number of carbonyl (C=O) groups is 3. The lowest BCUT2D eigenvalue weighted by atomic mass is 9.75. The van der Waals surface area contributed by atoms with E-state index >= 15 is 0 Å². The predicted molar refractivity (Wildman–Crippen MR) is 122 cm³/mol. The number of fused-ring (bicyclic) bond motifs is 4. The molecule has 5 rings (SSSR count). The molecule has 4 atom stereocenters. The van der Waals surface area contributed by atoms with Gasteiger partial charge in [0.05, 0.1) is 11.8 Å². The third-order valence-corrected chi connectivity index (χ3v) is 7.39. The monoisotopic (exact) mass is 431 g/mol. The van der Waals surface area contributed by atoms with Crippen molar-refractivity contribution in [3.8, 4) is 0 Å². The summed E-state index contributed by atoms with van der Waals surface area (Å²) in [7, 11) is 0. The molecule has 0 radical (unpaired) electrons. The summed E-state index contributed by atoms with van der Waals surface area (Å²) in [6.07, 6.45) is 0.564. The van der Waals surface area contributed by atoms with Crippen LogP contribution in [0.3, 0.4) is 0 Å². The molecule has 6 heteroatoms. The van der Waals surface area contributed by atoms with Gasteiger partial charge < -0.3 is 5.32 Å². The molecule has 166 valence electrons. The molecule has 0 aliphatic carbocycles. The summed E-state index contributed by atoms with van der Waals surface area (Å²) in [5, 5.41) is 6.56. The Bertz CT molecular complexity index is 1150.